The van der Waals surface area contributed by atoms with Gasteiger partial charge in [0, 0.05) is 24.0 Å². The molecule has 1 heterocycles. The van der Waals surface area contributed by atoms with Crippen molar-refractivity contribution in [1.29, 1.82) is 0 Å². The molecule has 1 aromatic rings. The van der Waals surface area contributed by atoms with Crippen LogP contribution in [0.15, 0.2) is 24.3 Å². The summed E-state index contributed by atoms with van der Waals surface area (Å²) in [5, 5.41) is 3.27. The summed E-state index contributed by atoms with van der Waals surface area (Å²) in [7, 11) is 0. The highest BCUT2D eigenvalue weighted by atomic mass is 16.5. The van der Waals surface area contributed by atoms with E-state index in [-0.39, 0.29) is 29.4 Å². The minimum atomic E-state index is -0.810. The number of carbonyl (C=O) groups is 1. The molecule has 0 spiro atoms. The number of aryl methyl sites for hydroxylation is 1. The predicted molar refractivity (Wildman–Crippen MR) is 93.6 cm³/mol. The Balaban J connectivity index is 1.48. The van der Waals surface area contributed by atoms with Gasteiger partial charge < -0.3 is 15.8 Å². The quantitative estimate of drug-likeness (QED) is 0.875. The van der Waals surface area contributed by atoms with Crippen molar-refractivity contribution >= 4 is 5.91 Å². The molecule has 3 aliphatic rings. The Morgan fingerprint density at radius 1 is 1.25 bits per heavy atom. The third-order valence-corrected chi connectivity index (χ3v) is 6.74. The molecule has 1 aliphatic heterocycles. The molecule has 1 amide bonds. The first kappa shape index (κ1) is 16.1. The monoisotopic (exact) mass is 328 g/mol. The van der Waals surface area contributed by atoms with Crippen LogP contribution in [0.4, 0.5) is 0 Å². The Hall–Kier alpha value is -1.39. The lowest BCUT2D eigenvalue weighted by molar-refractivity contribution is -0.225. The molecule has 1 saturated heterocycles. The van der Waals surface area contributed by atoms with E-state index in [1.807, 2.05) is 0 Å². The van der Waals surface area contributed by atoms with Crippen molar-refractivity contribution in [3.8, 4) is 0 Å². The molecule has 24 heavy (non-hydrogen) atoms. The Morgan fingerprint density at radius 2 is 2.00 bits per heavy atom. The average Bonchev–Trinajstić information content (AvgIpc) is 2.60. The molecule has 130 valence electrons. The summed E-state index contributed by atoms with van der Waals surface area (Å²) in [5.74, 6) is 0.167. The number of nitrogens with two attached hydrogens (primary N) is 1. The minimum absolute atomic E-state index is 0.0173. The molecule has 2 aliphatic carbocycles. The van der Waals surface area contributed by atoms with Crippen LogP contribution in [0.5, 0.6) is 0 Å². The van der Waals surface area contributed by atoms with Crippen LogP contribution >= 0.6 is 0 Å². The van der Waals surface area contributed by atoms with Gasteiger partial charge in [-0.05, 0) is 43.2 Å². The van der Waals surface area contributed by atoms with Crippen LogP contribution < -0.4 is 11.1 Å². The maximum atomic E-state index is 13.1. The number of amides is 1. The fourth-order valence-corrected chi connectivity index (χ4v) is 5.16. The Labute approximate surface area is 144 Å². The van der Waals surface area contributed by atoms with Gasteiger partial charge in [0.1, 0.15) is 5.54 Å². The van der Waals surface area contributed by atoms with E-state index in [9.17, 15) is 4.79 Å². The molecular weight excluding hydrogens is 300 g/mol. The third kappa shape index (κ3) is 2.16. The Bertz CT molecular complexity index is 657. The smallest absolute Gasteiger partial charge is 0.241 e. The summed E-state index contributed by atoms with van der Waals surface area (Å²) in [6.45, 7) is 4.95. The van der Waals surface area contributed by atoms with Crippen LogP contribution in [0.1, 0.15) is 44.2 Å². The van der Waals surface area contributed by atoms with Crippen LogP contribution in [0.25, 0.3) is 0 Å². The van der Waals surface area contributed by atoms with Gasteiger partial charge in [-0.3, -0.25) is 4.79 Å². The standard InChI is InChI=1S/C20H28N2O2/c1-19(2)17-16(8-5-11-24-17)20(19,21)18(23)22-15-10-9-13-6-3-4-7-14(13)12-15/h3-4,6-7,15-17H,5,8-12,21H2,1-2H3,(H,22,23). The second-order valence-corrected chi connectivity index (χ2v) is 8.31. The van der Waals surface area contributed by atoms with Crippen molar-refractivity contribution in [2.24, 2.45) is 17.1 Å². The van der Waals surface area contributed by atoms with Gasteiger partial charge in [-0.2, -0.15) is 0 Å². The number of carbonyl (C=O) groups excluding carboxylic acids is 1. The van der Waals surface area contributed by atoms with Crippen LogP contribution in [0.3, 0.4) is 0 Å². The third-order valence-electron chi connectivity index (χ3n) is 6.74. The second-order valence-electron chi connectivity index (χ2n) is 8.31. The van der Waals surface area contributed by atoms with E-state index in [1.165, 1.54) is 11.1 Å². The lowest BCUT2D eigenvalue weighted by Gasteiger charge is -2.65. The molecular formula is C20H28N2O2. The number of hydrogen-bond donors (Lipinski definition) is 2. The number of hydrogen-bond acceptors (Lipinski definition) is 3. The summed E-state index contributed by atoms with van der Waals surface area (Å²) in [6.07, 6.45) is 5.03. The van der Waals surface area contributed by atoms with Crippen LogP contribution in [-0.4, -0.2) is 30.2 Å². The van der Waals surface area contributed by atoms with Gasteiger partial charge in [0.2, 0.25) is 5.91 Å². The molecule has 2 fully saturated rings. The maximum Gasteiger partial charge on any atom is 0.241 e. The highest BCUT2D eigenvalue weighted by Crippen LogP contribution is 2.57. The first-order chi connectivity index (χ1) is 11.4. The number of rotatable bonds is 2. The highest BCUT2D eigenvalue weighted by molar-refractivity contribution is 5.89. The number of nitrogens with one attached hydrogen (secondary N) is 1. The summed E-state index contributed by atoms with van der Waals surface area (Å²) in [5.41, 5.74) is 8.34. The molecule has 3 N–H and O–H groups in total. The molecule has 1 saturated carbocycles. The first-order valence-electron chi connectivity index (χ1n) is 9.23. The van der Waals surface area contributed by atoms with E-state index in [1.54, 1.807) is 0 Å². The van der Waals surface area contributed by atoms with Crippen molar-refractivity contribution < 1.29 is 9.53 Å². The number of fused-ring (bicyclic) bond motifs is 2. The van der Waals surface area contributed by atoms with Gasteiger partial charge in [-0.1, -0.05) is 38.1 Å². The molecule has 4 nitrogen and oxygen atoms in total. The Kier molecular flexibility index (Phi) is 3.73. The van der Waals surface area contributed by atoms with Gasteiger partial charge in [-0.25, -0.2) is 0 Å². The Morgan fingerprint density at radius 3 is 2.79 bits per heavy atom. The van der Waals surface area contributed by atoms with Crippen molar-refractivity contribution in [2.45, 2.75) is 63.6 Å². The molecule has 4 heteroatoms. The summed E-state index contributed by atoms with van der Waals surface area (Å²) in [6, 6.07) is 8.72. The molecule has 4 atom stereocenters. The fraction of sp³-hybridized carbons (Fsp3) is 0.650. The zero-order chi connectivity index (χ0) is 16.9. The molecule has 0 aromatic heterocycles. The largest absolute Gasteiger partial charge is 0.377 e. The first-order valence-corrected chi connectivity index (χ1v) is 9.23. The second kappa shape index (κ2) is 5.57. The fourth-order valence-electron chi connectivity index (χ4n) is 5.16. The van der Waals surface area contributed by atoms with Crippen LogP contribution in [0.2, 0.25) is 0 Å². The van der Waals surface area contributed by atoms with E-state index < -0.39 is 5.54 Å². The predicted octanol–water partition coefficient (Wildman–Crippen LogP) is 2.19. The lowest BCUT2D eigenvalue weighted by atomic mass is 9.46. The molecule has 0 bridgehead atoms. The topological polar surface area (TPSA) is 64.3 Å². The molecule has 4 rings (SSSR count). The van der Waals surface area contributed by atoms with Crippen molar-refractivity contribution in [2.75, 3.05) is 6.61 Å². The highest BCUT2D eigenvalue weighted by Gasteiger charge is 2.70. The summed E-state index contributed by atoms with van der Waals surface area (Å²) < 4.78 is 5.91. The zero-order valence-corrected chi connectivity index (χ0v) is 14.7. The number of ether oxygens (including phenoxy) is 1. The normalized spacial score (nSPS) is 36.9. The summed E-state index contributed by atoms with van der Waals surface area (Å²) >= 11 is 0. The minimum Gasteiger partial charge on any atom is -0.377 e. The van der Waals surface area contributed by atoms with E-state index in [2.05, 4.69) is 43.4 Å². The summed E-state index contributed by atoms with van der Waals surface area (Å²) in [4.78, 5) is 13.1. The SMILES string of the molecule is CC1(C)C2OCCCC2C1(N)C(=O)NC1CCc2ccccc2C1. The van der Waals surface area contributed by atoms with Gasteiger partial charge in [0.25, 0.3) is 0 Å². The van der Waals surface area contributed by atoms with Gasteiger partial charge in [0.15, 0.2) is 0 Å². The average molecular weight is 328 g/mol. The van der Waals surface area contributed by atoms with Crippen molar-refractivity contribution in [3.05, 3.63) is 35.4 Å². The van der Waals surface area contributed by atoms with E-state index in [0.29, 0.717) is 0 Å². The van der Waals surface area contributed by atoms with Crippen molar-refractivity contribution in [1.82, 2.24) is 5.32 Å². The van der Waals surface area contributed by atoms with Gasteiger partial charge >= 0.3 is 0 Å². The van der Waals surface area contributed by atoms with Gasteiger partial charge in [-0.15, -0.1) is 0 Å². The van der Waals surface area contributed by atoms with E-state index in [4.69, 9.17) is 10.5 Å². The van der Waals surface area contributed by atoms with Crippen LogP contribution in [-0.2, 0) is 22.4 Å². The van der Waals surface area contributed by atoms with E-state index >= 15 is 0 Å². The van der Waals surface area contributed by atoms with Gasteiger partial charge in [0.05, 0.1) is 6.10 Å². The maximum absolute atomic E-state index is 13.1. The van der Waals surface area contributed by atoms with E-state index in [0.717, 1.165) is 38.7 Å². The van der Waals surface area contributed by atoms with Crippen LogP contribution in [0, 0.1) is 11.3 Å². The molecule has 4 unspecified atom stereocenters. The zero-order valence-electron chi connectivity index (χ0n) is 14.7. The van der Waals surface area contributed by atoms with Crippen molar-refractivity contribution in [3.63, 3.8) is 0 Å². The lowest BCUT2D eigenvalue weighted by Crippen LogP contribution is -2.82. The molecule has 0 radical (unpaired) electrons. The number of benzene rings is 1. The molecule has 1 aromatic carbocycles.